The van der Waals surface area contributed by atoms with Crippen LogP contribution in [-0.4, -0.2) is 16.0 Å². The Morgan fingerprint density at radius 1 is 1.26 bits per heavy atom. The highest BCUT2D eigenvalue weighted by Crippen LogP contribution is 2.22. The summed E-state index contributed by atoms with van der Waals surface area (Å²) in [6, 6.07) is 11.9. The second-order valence-corrected chi connectivity index (χ2v) is 6.49. The van der Waals surface area contributed by atoms with Gasteiger partial charge in [0.15, 0.2) is 5.82 Å². The van der Waals surface area contributed by atoms with Crippen LogP contribution in [0.5, 0.6) is 0 Å². The Morgan fingerprint density at radius 3 is 2.74 bits per heavy atom. The number of thiazole rings is 1. The number of aryl methyl sites for hydroxylation is 2. The Hall–Kier alpha value is -2.47. The highest BCUT2D eigenvalue weighted by molar-refractivity contribution is 7.11. The van der Waals surface area contributed by atoms with Gasteiger partial charge < -0.3 is 9.84 Å². The van der Waals surface area contributed by atoms with Gasteiger partial charge in [0.05, 0.1) is 17.1 Å². The first kappa shape index (κ1) is 15.4. The Balaban J connectivity index is 1.65. The van der Waals surface area contributed by atoms with Gasteiger partial charge >= 0.3 is 0 Å². The van der Waals surface area contributed by atoms with Crippen molar-refractivity contribution in [1.29, 1.82) is 0 Å². The van der Waals surface area contributed by atoms with E-state index in [1.54, 1.807) is 24.3 Å². The fraction of sp³-hybridized carbons (Fsp3) is 0.235. The van der Waals surface area contributed by atoms with Gasteiger partial charge in [0.25, 0.3) is 0 Å². The SMILES string of the molecule is Cc1cc(NC(=O)Cc2sc(Cc3ccccc3)nc2C)no1. The first-order valence-electron chi connectivity index (χ1n) is 7.32. The van der Waals surface area contributed by atoms with Crippen molar-refractivity contribution < 1.29 is 9.32 Å². The van der Waals surface area contributed by atoms with E-state index in [-0.39, 0.29) is 5.91 Å². The van der Waals surface area contributed by atoms with Crippen LogP contribution >= 0.6 is 11.3 Å². The normalized spacial score (nSPS) is 10.7. The van der Waals surface area contributed by atoms with Crippen molar-refractivity contribution in [3.05, 3.63) is 63.3 Å². The lowest BCUT2D eigenvalue weighted by Gasteiger charge is -1.99. The molecule has 0 saturated carbocycles. The number of carbonyl (C=O) groups is 1. The molecule has 23 heavy (non-hydrogen) atoms. The highest BCUT2D eigenvalue weighted by atomic mass is 32.1. The minimum atomic E-state index is -0.115. The summed E-state index contributed by atoms with van der Waals surface area (Å²) in [7, 11) is 0. The molecule has 1 aromatic carbocycles. The van der Waals surface area contributed by atoms with Crippen molar-refractivity contribution >= 4 is 23.1 Å². The molecule has 0 fully saturated rings. The fourth-order valence-electron chi connectivity index (χ4n) is 2.26. The molecule has 0 aliphatic heterocycles. The molecule has 3 rings (SSSR count). The number of rotatable bonds is 5. The molecule has 0 atom stereocenters. The average molecular weight is 327 g/mol. The van der Waals surface area contributed by atoms with Crippen molar-refractivity contribution in [2.45, 2.75) is 26.7 Å². The van der Waals surface area contributed by atoms with Crippen LogP contribution in [0.3, 0.4) is 0 Å². The van der Waals surface area contributed by atoms with E-state index in [9.17, 15) is 4.79 Å². The number of nitrogens with one attached hydrogen (secondary N) is 1. The third-order valence-electron chi connectivity index (χ3n) is 3.35. The molecule has 0 aliphatic rings. The van der Waals surface area contributed by atoms with E-state index in [4.69, 9.17) is 4.52 Å². The minimum Gasteiger partial charge on any atom is -0.360 e. The van der Waals surface area contributed by atoms with Crippen molar-refractivity contribution in [3.63, 3.8) is 0 Å². The number of nitrogens with zero attached hydrogens (tertiary/aromatic N) is 2. The van der Waals surface area contributed by atoms with E-state index in [2.05, 4.69) is 27.6 Å². The first-order chi connectivity index (χ1) is 11.1. The molecule has 1 amide bonds. The van der Waals surface area contributed by atoms with Gasteiger partial charge in [0.2, 0.25) is 5.91 Å². The van der Waals surface area contributed by atoms with E-state index >= 15 is 0 Å². The molecule has 0 aliphatic carbocycles. The Labute approximate surface area is 138 Å². The third kappa shape index (κ3) is 4.04. The summed E-state index contributed by atoms with van der Waals surface area (Å²) in [5.74, 6) is 0.995. The lowest BCUT2D eigenvalue weighted by atomic mass is 10.2. The van der Waals surface area contributed by atoms with E-state index < -0.39 is 0 Å². The molecule has 0 unspecified atom stereocenters. The number of aromatic nitrogens is 2. The summed E-state index contributed by atoms with van der Waals surface area (Å²) in [6.45, 7) is 3.72. The summed E-state index contributed by atoms with van der Waals surface area (Å²) in [6.07, 6.45) is 1.08. The predicted molar refractivity (Wildman–Crippen MR) is 89.7 cm³/mol. The average Bonchev–Trinajstić information content (AvgIpc) is 3.06. The van der Waals surface area contributed by atoms with E-state index in [1.807, 2.05) is 25.1 Å². The van der Waals surface area contributed by atoms with Crippen LogP contribution in [0.2, 0.25) is 0 Å². The fourth-order valence-corrected chi connectivity index (χ4v) is 3.36. The zero-order valence-corrected chi connectivity index (χ0v) is 13.8. The van der Waals surface area contributed by atoms with Crippen molar-refractivity contribution in [1.82, 2.24) is 10.1 Å². The summed E-state index contributed by atoms with van der Waals surface area (Å²) >= 11 is 1.58. The summed E-state index contributed by atoms with van der Waals surface area (Å²) in [5.41, 5.74) is 2.13. The number of anilines is 1. The molecule has 3 aromatic rings. The van der Waals surface area contributed by atoms with E-state index in [0.717, 1.165) is 22.0 Å². The molecule has 0 bridgehead atoms. The zero-order valence-electron chi connectivity index (χ0n) is 13.0. The predicted octanol–water partition coefficient (Wildman–Crippen LogP) is 3.52. The van der Waals surface area contributed by atoms with Crippen molar-refractivity contribution in [3.8, 4) is 0 Å². The summed E-state index contributed by atoms with van der Waals surface area (Å²) in [4.78, 5) is 17.7. The molecular weight excluding hydrogens is 310 g/mol. The smallest absolute Gasteiger partial charge is 0.230 e. The number of carbonyl (C=O) groups excluding carboxylic acids is 1. The number of amides is 1. The topological polar surface area (TPSA) is 68.0 Å². The third-order valence-corrected chi connectivity index (χ3v) is 4.51. The van der Waals surface area contributed by atoms with Gasteiger partial charge in [0, 0.05) is 17.4 Å². The van der Waals surface area contributed by atoms with Crippen molar-refractivity contribution in [2.75, 3.05) is 5.32 Å². The monoisotopic (exact) mass is 327 g/mol. The van der Waals surface area contributed by atoms with Gasteiger partial charge in [-0.15, -0.1) is 11.3 Å². The second kappa shape index (κ2) is 6.75. The summed E-state index contributed by atoms with van der Waals surface area (Å²) in [5, 5.41) is 7.52. The highest BCUT2D eigenvalue weighted by Gasteiger charge is 2.13. The van der Waals surface area contributed by atoms with Crippen LogP contribution in [0.4, 0.5) is 5.82 Å². The summed E-state index contributed by atoms with van der Waals surface area (Å²) < 4.78 is 4.94. The molecule has 6 heteroatoms. The number of hydrogen-bond donors (Lipinski definition) is 1. The molecule has 2 aromatic heterocycles. The maximum absolute atomic E-state index is 12.1. The van der Waals surface area contributed by atoms with Crippen LogP contribution in [0, 0.1) is 13.8 Å². The van der Waals surface area contributed by atoms with E-state index in [1.165, 1.54) is 5.56 Å². The van der Waals surface area contributed by atoms with Crippen LogP contribution in [0.1, 0.15) is 26.9 Å². The van der Waals surface area contributed by atoms with Crippen LogP contribution in [0.15, 0.2) is 40.9 Å². The second-order valence-electron chi connectivity index (χ2n) is 5.33. The molecule has 2 heterocycles. The largest absolute Gasteiger partial charge is 0.360 e. The maximum Gasteiger partial charge on any atom is 0.230 e. The van der Waals surface area contributed by atoms with Gasteiger partial charge in [-0.25, -0.2) is 4.98 Å². The minimum absolute atomic E-state index is 0.115. The van der Waals surface area contributed by atoms with Gasteiger partial charge in [-0.05, 0) is 19.4 Å². The lowest BCUT2D eigenvalue weighted by molar-refractivity contribution is -0.115. The molecule has 0 saturated heterocycles. The van der Waals surface area contributed by atoms with Crippen molar-refractivity contribution in [2.24, 2.45) is 0 Å². The quantitative estimate of drug-likeness (QED) is 0.778. The number of hydrogen-bond acceptors (Lipinski definition) is 5. The van der Waals surface area contributed by atoms with Crippen LogP contribution < -0.4 is 5.32 Å². The molecule has 1 N–H and O–H groups in total. The van der Waals surface area contributed by atoms with Gasteiger partial charge in [-0.2, -0.15) is 0 Å². The zero-order chi connectivity index (χ0) is 16.2. The standard InChI is InChI=1S/C17H17N3O2S/c1-11-8-15(20-22-11)19-16(21)10-14-12(2)18-17(23-14)9-13-6-4-3-5-7-13/h3-8H,9-10H2,1-2H3,(H,19,20,21). The van der Waals surface area contributed by atoms with Crippen LogP contribution in [0.25, 0.3) is 0 Å². The molecule has 118 valence electrons. The van der Waals surface area contributed by atoms with Gasteiger partial charge in [-0.1, -0.05) is 35.5 Å². The van der Waals surface area contributed by atoms with Gasteiger partial charge in [-0.3, -0.25) is 4.79 Å². The lowest BCUT2D eigenvalue weighted by Crippen LogP contribution is -2.14. The number of benzene rings is 1. The Morgan fingerprint density at radius 2 is 2.04 bits per heavy atom. The Kier molecular flexibility index (Phi) is 4.52. The molecular formula is C17H17N3O2S. The van der Waals surface area contributed by atoms with Crippen LogP contribution in [-0.2, 0) is 17.6 Å². The maximum atomic E-state index is 12.1. The Bertz CT molecular complexity index is 808. The van der Waals surface area contributed by atoms with Gasteiger partial charge in [0.1, 0.15) is 5.76 Å². The molecule has 5 nitrogen and oxygen atoms in total. The van der Waals surface area contributed by atoms with E-state index in [0.29, 0.717) is 18.0 Å². The molecule has 0 spiro atoms. The molecule has 0 radical (unpaired) electrons. The first-order valence-corrected chi connectivity index (χ1v) is 8.14.